The van der Waals surface area contributed by atoms with Crippen LogP contribution in [0.3, 0.4) is 0 Å². The van der Waals surface area contributed by atoms with E-state index in [4.69, 9.17) is 9.26 Å². The highest BCUT2D eigenvalue weighted by atomic mass is 32.2. The summed E-state index contributed by atoms with van der Waals surface area (Å²) in [4.78, 5) is 4.53. The minimum absolute atomic E-state index is 0.161. The average Bonchev–Trinajstić information content (AvgIpc) is 3.13. The van der Waals surface area contributed by atoms with Crippen LogP contribution in [0, 0.1) is 13.8 Å². The highest BCUT2D eigenvalue weighted by Gasteiger charge is 2.21. The third kappa shape index (κ3) is 4.96. The van der Waals surface area contributed by atoms with Crippen LogP contribution in [-0.4, -0.2) is 36.5 Å². The van der Waals surface area contributed by atoms with E-state index in [9.17, 15) is 8.42 Å². The number of rotatable bonds is 8. The largest absolute Gasteiger partial charge is 0.484 e. The number of benzene rings is 2. The zero-order valence-corrected chi connectivity index (χ0v) is 16.9. The van der Waals surface area contributed by atoms with Gasteiger partial charge in [-0.15, -0.1) is 0 Å². The third-order valence-corrected chi connectivity index (χ3v) is 6.11. The Hall–Kier alpha value is -2.71. The van der Waals surface area contributed by atoms with Crippen LogP contribution in [0.2, 0.25) is 0 Å². The van der Waals surface area contributed by atoms with Crippen LogP contribution in [0.5, 0.6) is 5.75 Å². The molecule has 0 amide bonds. The van der Waals surface area contributed by atoms with Crippen molar-refractivity contribution in [1.82, 2.24) is 14.4 Å². The summed E-state index contributed by atoms with van der Waals surface area (Å²) in [5, 5.41) is 3.90. The molecule has 1 heterocycles. The maximum atomic E-state index is 12.6. The summed E-state index contributed by atoms with van der Waals surface area (Å²) in [7, 11) is -2.01. The molecule has 0 fully saturated rings. The van der Waals surface area contributed by atoms with Gasteiger partial charge >= 0.3 is 0 Å². The monoisotopic (exact) mass is 401 g/mol. The van der Waals surface area contributed by atoms with Gasteiger partial charge in [0.05, 0.1) is 4.90 Å². The molecule has 0 saturated carbocycles. The molecule has 0 bridgehead atoms. The standard InChI is InChI=1S/C20H23N3O4S/c1-15-7-9-18(10-8-15)28(24,25)23(3)12-11-19-21-20(27-22-19)14-26-17-6-4-5-16(2)13-17/h4-10,13H,11-12,14H2,1-3H3. The topological polar surface area (TPSA) is 85.5 Å². The molecule has 0 spiro atoms. The van der Waals surface area contributed by atoms with Gasteiger partial charge in [0.15, 0.2) is 12.4 Å². The molecular weight excluding hydrogens is 378 g/mol. The second kappa shape index (κ2) is 8.53. The normalized spacial score (nSPS) is 11.7. The molecule has 0 saturated heterocycles. The van der Waals surface area contributed by atoms with E-state index in [1.165, 1.54) is 11.4 Å². The number of sulfonamides is 1. The lowest BCUT2D eigenvalue weighted by atomic mass is 10.2. The van der Waals surface area contributed by atoms with E-state index < -0.39 is 10.0 Å². The predicted molar refractivity (Wildman–Crippen MR) is 105 cm³/mol. The van der Waals surface area contributed by atoms with Gasteiger partial charge in [-0.2, -0.15) is 4.98 Å². The van der Waals surface area contributed by atoms with Crippen LogP contribution in [0.25, 0.3) is 0 Å². The zero-order valence-electron chi connectivity index (χ0n) is 16.1. The molecule has 3 aromatic rings. The lowest BCUT2D eigenvalue weighted by molar-refractivity contribution is 0.242. The lowest BCUT2D eigenvalue weighted by Gasteiger charge is -2.16. The second-order valence-corrected chi connectivity index (χ2v) is 8.64. The highest BCUT2D eigenvalue weighted by molar-refractivity contribution is 7.89. The first kappa shape index (κ1) is 20.0. The van der Waals surface area contributed by atoms with Gasteiger partial charge in [-0.25, -0.2) is 12.7 Å². The maximum absolute atomic E-state index is 12.6. The molecule has 0 aliphatic rings. The maximum Gasteiger partial charge on any atom is 0.264 e. The van der Waals surface area contributed by atoms with Crippen molar-refractivity contribution in [3.8, 4) is 5.75 Å². The summed E-state index contributed by atoms with van der Waals surface area (Å²) < 4.78 is 37.3. The molecule has 148 valence electrons. The summed E-state index contributed by atoms with van der Waals surface area (Å²) >= 11 is 0. The van der Waals surface area contributed by atoms with Crippen LogP contribution in [0.4, 0.5) is 0 Å². The molecule has 8 heteroatoms. The fraction of sp³-hybridized carbons (Fsp3) is 0.300. The van der Waals surface area contributed by atoms with Gasteiger partial charge in [0.25, 0.3) is 5.89 Å². The summed E-state index contributed by atoms with van der Waals surface area (Å²) in [6.07, 6.45) is 0.343. The van der Waals surface area contributed by atoms with Crippen LogP contribution < -0.4 is 4.74 Å². The van der Waals surface area contributed by atoms with E-state index in [0.717, 1.165) is 16.9 Å². The minimum Gasteiger partial charge on any atom is -0.484 e. The Labute approximate surface area is 165 Å². The fourth-order valence-corrected chi connectivity index (χ4v) is 3.74. The van der Waals surface area contributed by atoms with Crippen LogP contribution in [0.15, 0.2) is 57.9 Å². The molecule has 0 atom stereocenters. The first-order valence-electron chi connectivity index (χ1n) is 8.88. The summed E-state index contributed by atoms with van der Waals surface area (Å²) in [5.74, 6) is 1.51. The molecule has 7 nitrogen and oxygen atoms in total. The highest BCUT2D eigenvalue weighted by Crippen LogP contribution is 2.16. The van der Waals surface area contributed by atoms with E-state index in [0.29, 0.717) is 18.1 Å². The number of hydrogen-bond donors (Lipinski definition) is 0. The molecule has 0 unspecified atom stereocenters. The van der Waals surface area contributed by atoms with Crippen LogP contribution in [0.1, 0.15) is 22.8 Å². The van der Waals surface area contributed by atoms with Gasteiger partial charge in [0, 0.05) is 20.0 Å². The van der Waals surface area contributed by atoms with Crippen LogP contribution >= 0.6 is 0 Å². The third-order valence-electron chi connectivity index (χ3n) is 4.24. The predicted octanol–water partition coefficient (Wildman–Crippen LogP) is 3.13. The van der Waals surface area contributed by atoms with Gasteiger partial charge in [-0.1, -0.05) is 35.0 Å². The molecule has 0 radical (unpaired) electrons. The second-order valence-electron chi connectivity index (χ2n) is 6.60. The Morgan fingerprint density at radius 2 is 1.82 bits per heavy atom. The van der Waals surface area contributed by atoms with Crippen molar-refractivity contribution in [2.45, 2.75) is 31.8 Å². The quantitative estimate of drug-likeness (QED) is 0.576. The fourth-order valence-electron chi connectivity index (χ4n) is 2.57. The smallest absolute Gasteiger partial charge is 0.264 e. The Morgan fingerprint density at radius 1 is 1.07 bits per heavy atom. The number of likely N-dealkylation sites (N-methyl/N-ethyl adjacent to an activating group) is 1. The van der Waals surface area contributed by atoms with Crippen molar-refractivity contribution < 1.29 is 17.7 Å². The molecule has 2 aromatic carbocycles. The number of aryl methyl sites for hydroxylation is 2. The zero-order chi connectivity index (χ0) is 20.1. The van der Waals surface area contributed by atoms with Crippen molar-refractivity contribution >= 4 is 10.0 Å². The number of nitrogens with zero attached hydrogens (tertiary/aromatic N) is 3. The lowest BCUT2D eigenvalue weighted by Crippen LogP contribution is -2.29. The Kier molecular flexibility index (Phi) is 6.11. The molecule has 3 rings (SSSR count). The van der Waals surface area contributed by atoms with Gasteiger partial charge < -0.3 is 9.26 Å². The summed E-state index contributed by atoms with van der Waals surface area (Å²) in [6.45, 7) is 4.30. The molecule has 1 aromatic heterocycles. The first-order valence-corrected chi connectivity index (χ1v) is 10.3. The van der Waals surface area contributed by atoms with Crippen molar-refractivity contribution in [2.24, 2.45) is 0 Å². The Bertz CT molecular complexity index is 1030. The van der Waals surface area contributed by atoms with Crippen molar-refractivity contribution in [3.63, 3.8) is 0 Å². The molecule has 0 N–H and O–H groups in total. The number of aromatic nitrogens is 2. The average molecular weight is 401 g/mol. The van der Waals surface area contributed by atoms with Crippen molar-refractivity contribution in [1.29, 1.82) is 0 Å². The SMILES string of the molecule is Cc1ccc(S(=O)(=O)N(C)CCc2noc(COc3cccc(C)c3)n2)cc1. The van der Waals surface area contributed by atoms with Gasteiger partial charge in [-0.05, 0) is 43.7 Å². The summed E-state index contributed by atoms with van der Waals surface area (Å²) in [6, 6.07) is 14.4. The van der Waals surface area contributed by atoms with Gasteiger partial charge in [0.1, 0.15) is 5.75 Å². The molecule has 0 aliphatic heterocycles. The van der Waals surface area contributed by atoms with E-state index >= 15 is 0 Å². The van der Waals surface area contributed by atoms with Gasteiger partial charge in [-0.3, -0.25) is 0 Å². The molecule has 0 aliphatic carbocycles. The number of hydrogen-bond acceptors (Lipinski definition) is 6. The molecule has 28 heavy (non-hydrogen) atoms. The summed E-state index contributed by atoms with van der Waals surface area (Å²) in [5.41, 5.74) is 2.11. The van der Waals surface area contributed by atoms with Crippen LogP contribution in [-0.2, 0) is 23.1 Å². The Morgan fingerprint density at radius 3 is 2.54 bits per heavy atom. The van der Waals surface area contributed by atoms with Crippen molar-refractivity contribution in [3.05, 3.63) is 71.4 Å². The number of ether oxygens (including phenoxy) is 1. The first-order chi connectivity index (χ1) is 13.3. The minimum atomic E-state index is -3.55. The van der Waals surface area contributed by atoms with E-state index in [-0.39, 0.29) is 18.0 Å². The van der Waals surface area contributed by atoms with E-state index in [1.54, 1.807) is 24.3 Å². The molecular formula is C20H23N3O4S. The Balaban J connectivity index is 1.55. The van der Waals surface area contributed by atoms with Gasteiger partial charge in [0.2, 0.25) is 10.0 Å². The van der Waals surface area contributed by atoms with E-state index in [2.05, 4.69) is 10.1 Å². The van der Waals surface area contributed by atoms with Crippen molar-refractivity contribution in [2.75, 3.05) is 13.6 Å². The van der Waals surface area contributed by atoms with E-state index in [1.807, 2.05) is 38.1 Å².